The van der Waals surface area contributed by atoms with Gasteiger partial charge in [0.2, 0.25) is 11.8 Å². The van der Waals surface area contributed by atoms with Gasteiger partial charge in [0.1, 0.15) is 11.8 Å². The minimum atomic E-state index is -0.603. The van der Waals surface area contributed by atoms with Crippen molar-refractivity contribution in [2.24, 2.45) is 0 Å². The second kappa shape index (κ2) is 11.5. The molecule has 0 fully saturated rings. The van der Waals surface area contributed by atoms with E-state index in [9.17, 15) is 9.59 Å². The molecule has 0 aliphatic carbocycles. The number of hydrogen-bond donors (Lipinski definition) is 1. The molecule has 0 heterocycles. The second-order valence-corrected chi connectivity index (χ2v) is 7.37. The minimum Gasteiger partial charge on any atom is -0.497 e. The highest BCUT2D eigenvalue weighted by Crippen LogP contribution is 2.20. The molecule has 0 radical (unpaired) electrons. The van der Waals surface area contributed by atoms with Crippen LogP contribution in [-0.4, -0.2) is 36.4 Å². The van der Waals surface area contributed by atoms with Crippen LogP contribution in [0.15, 0.2) is 48.5 Å². The first-order valence-electron chi connectivity index (χ1n) is 9.89. The number of carbonyl (C=O) groups excluding carboxylic acids is 2. The van der Waals surface area contributed by atoms with Gasteiger partial charge in [-0.25, -0.2) is 0 Å². The van der Waals surface area contributed by atoms with E-state index >= 15 is 0 Å². The lowest BCUT2D eigenvalue weighted by atomic mass is 10.1. The number of amides is 2. The van der Waals surface area contributed by atoms with Gasteiger partial charge in [-0.15, -0.1) is 0 Å². The monoisotopic (exact) mass is 416 g/mol. The van der Waals surface area contributed by atoms with E-state index in [0.29, 0.717) is 11.6 Å². The summed E-state index contributed by atoms with van der Waals surface area (Å²) in [5.41, 5.74) is 1.67. The average molecular weight is 417 g/mol. The summed E-state index contributed by atoms with van der Waals surface area (Å²) >= 11 is 6.30. The number of methoxy groups -OCH3 is 1. The van der Waals surface area contributed by atoms with Crippen molar-refractivity contribution >= 4 is 23.4 Å². The molecular weight excluding hydrogens is 388 g/mol. The largest absolute Gasteiger partial charge is 0.497 e. The van der Waals surface area contributed by atoms with Crippen LogP contribution in [-0.2, 0) is 22.6 Å². The highest BCUT2D eigenvalue weighted by atomic mass is 35.5. The molecule has 2 aromatic carbocycles. The second-order valence-electron chi connectivity index (χ2n) is 6.96. The van der Waals surface area contributed by atoms with E-state index in [1.807, 2.05) is 42.5 Å². The summed E-state index contributed by atoms with van der Waals surface area (Å²) < 4.78 is 5.17. The van der Waals surface area contributed by atoms with Gasteiger partial charge in [-0.05, 0) is 42.7 Å². The van der Waals surface area contributed by atoms with Crippen molar-refractivity contribution in [3.63, 3.8) is 0 Å². The standard InChI is InChI=1S/C23H29ClN2O3/c1-4-5-14-25-23(28)17(2)26(16-19-8-6-7-9-21(19)24)22(27)15-18-10-12-20(29-3)13-11-18/h6-13,17H,4-5,14-16H2,1-3H3,(H,25,28). The summed E-state index contributed by atoms with van der Waals surface area (Å²) in [6, 6.07) is 14.1. The van der Waals surface area contributed by atoms with Crippen molar-refractivity contribution < 1.29 is 14.3 Å². The van der Waals surface area contributed by atoms with Crippen LogP contribution in [0.2, 0.25) is 5.02 Å². The fourth-order valence-electron chi connectivity index (χ4n) is 2.95. The fraction of sp³-hybridized carbons (Fsp3) is 0.391. The lowest BCUT2D eigenvalue weighted by molar-refractivity contribution is -0.140. The quantitative estimate of drug-likeness (QED) is 0.590. The number of rotatable bonds is 10. The smallest absolute Gasteiger partial charge is 0.242 e. The van der Waals surface area contributed by atoms with Gasteiger partial charge in [0.15, 0.2) is 0 Å². The minimum absolute atomic E-state index is 0.131. The van der Waals surface area contributed by atoms with E-state index in [4.69, 9.17) is 16.3 Å². The van der Waals surface area contributed by atoms with Crippen molar-refractivity contribution in [3.8, 4) is 5.75 Å². The molecule has 0 aromatic heterocycles. The Hall–Kier alpha value is -2.53. The topological polar surface area (TPSA) is 58.6 Å². The third kappa shape index (κ3) is 6.79. The van der Waals surface area contributed by atoms with Gasteiger partial charge in [0.25, 0.3) is 0 Å². The summed E-state index contributed by atoms with van der Waals surface area (Å²) in [4.78, 5) is 27.3. The Kier molecular flexibility index (Phi) is 9.00. The third-order valence-electron chi connectivity index (χ3n) is 4.81. The van der Waals surface area contributed by atoms with Crippen molar-refractivity contribution in [3.05, 3.63) is 64.7 Å². The molecule has 2 aromatic rings. The van der Waals surface area contributed by atoms with Crippen molar-refractivity contribution in [2.45, 2.75) is 45.7 Å². The molecule has 1 unspecified atom stereocenters. The lowest BCUT2D eigenvalue weighted by Gasteiger charge is -2.29. The third-order valence-corrected chi connectivity index (χ3v) is 5.18. The first-order chi connectivity index (χ1) is 14.0. The SMILES string of the molecule is CCCCNC(=O)C(C)N(Cc1ccccc1Cl)C(=O)Cc1ccc(OC)cc1. The zero-order valence-electron chi connectivity index (χ0n) is 17.3. The molecule has 0 saturated carbocycles. The molecule has 0 spiro atoms. The first-order valence-corrected chi connectivity index (χ1v) is 10.3. The molecule has 29 heavy (non-hydrogen) atoms. The number of unbranched alkanes of at least 4 members (excludes halogenated alkanes) is 1. The molecule has 2 amide bonds. The molecular formula is C23H29ClN2O3. The van der Waals surface area contributed by atoms with Gasteiger partial charge >= 0.3 is 0 Å². The van der Waals surface area contributed by atoms with Crippen LogP contribution in [0.3, 0.4) is 0 Å². The normalized spacial score (nSPS) is 11.6. The van der Waals surface area contributed by atoms with Crippen molar-refractivity contribution in [1.29, 1.82) is 0 Å². The molecule has 156 valence electrons. The number of carbonyl (C=O) groups is 2. The van der Waals surface area contributed by atoms with Gasteiger partial charge in [-0.1, -0.05) is 55.3 Å². The van der Waals surface area contributed by atoms with Gasteiger partial charge < -0.3 is 15.0 Å². The van der Waals surface area contributed by atoms with Crippen LogP contribution >= 0.6 is 11.6 Å². The Bertz CT molecular complexity index is 808. The lowest BCUT2D eigenvalue weighted by Crippen LogP contribution is -2.48. The first kappa shape index (κ1) is 22.8. The van der Waals surface area contributed by atoms with Crippen LogP contribution in [0.25, 0.3) is 0 Å². The van der Waals surface area contributed by atoms with E-state index in [1.54, 1.807) is 25.0 Å². The van der Waals surface area contributed by atoms with Gasteiger partial charge in [0.05, 0.1) is 13.5 Å². The predicted octanol–water partition coefficient (Wildman–Crippen LogP) is 4.22. The molecule has 5 nitrogen and oxygen atoms in total. The number of ether oxygens (including phenoxy) is 1. The summed E-state index contributed by atoms with van der Waals surface area (Å²) in [6.07, 6.45) is 2.10. The highest BCUT2D eigenvalue weighted by molar-refractivity contribution is 6.31. The maximum Gasteiger partial charge on any atom is 0.242 e. The van der Waals surface area contributed by atoms with E-state index in [1.165, 1.54) is 0 Å². The summed E-state index contributed by atoms with van der Waals surface area (Å²) in [6.45, 7) is 4.70. The van der Waals surface area contributed by atoms with Crippen LogP contribution in [0, 0.1) is 0 Å². The predicted molar refractivity (Wildman–Crippen MR) is 116 cm³/mol. The average Bonchev–Trinajstić information content (AvgIpc) is 2.73. The summed E-state index contributed by atoms with van der Waals surface area (Å²) in [7, 11) is 1.60. The Morgan fingerprint density at radius 2 is 1.83 bits per heavy atom. The number of nitrogens with zero attached hydrogens (tertiary/aromatic N) is 1. The van der Waals surface area contributed by atoms with E-state index in [2.05, 4.69) is 12.2 Å². The van der Waals surface area contributed by atoms with E-state index < -0.39 is 6.04 Å². The molecule has 0 aliphatic rings. The van der Waals surface area contributed by atoms with Crippen LogP contribution in [0.5, 0.6) is 5.75 Å². The Balaban J connectivity index is 2.18. The summed E-state index contributed by atoms with van der Waals surface area (Å²) in [5, 5.41) is 3.49. The maximum absolute atomic E-state index is 13.1. The van der Waals surface area contributed by atoms with E-state index in [-0.39, 0.29) is 24.8 Å². The number of nitrogens with one attached hydrogen (secondary N) is 1. The molecule has 1 atom stereocenters. The molecule has 0 bridgehead atoms. The zero-order chi connectivity index (χ0) is 21.2. The maximum atomic E-state index is 13.1. The number of halogens is 1. The fourth-order valence-corrected chi connectivity index (χ4v) is 3.14. The van der Waals surface area contributed by atoms with E-state index in [0.717, 1.165) is 29.7 Å². The van der Waals surface area contributed by atoms with Crippen LogP contribution < -0.4 is 10.1 Å². The van der Waals surface area contributed by atoms with Gasteiger partial charge in [0, 0.05) is 18.1 Å². The molecule has 0 saturated heterocycles. The van der Waals surface area contributed by atoms with Crippen molar-refractivity contribution in [2.75, 3.05) is 13.7 Å². The number of benzene rings is 2. The van der Waals surface area contributed by atoms with Crippen molar-refractivity contribution in [1.82, 2.24) is 10.2 Å². The molecule has 0 aliphatic heterocycles. The zero-order valence-corrected chi connectivity index (χ0v) is 18.0. The number of hydrogen-bond acceptors (Lipinski definition) is 3. The van der Waals surface area contributed by atoms with Gasteiger partial charge in [-0.3, -0.25) is 9.59 Å². The van der Waals surface area contributed by atoms with Crippen LogP contribution in [0.1, 0.15) is 37.8 Å². The van der Waals surface area contributed by atoms with Crippen LogP contribution in [0.4, 0.5) is 0 Å². The Labute approximate surface area is 178 Å². The molecule has 1 N–H and O–H groups in total. The summed E-state index contributed by atoms with van der Waals surface area (Å²) in [5.74, 6) is 0.444. The molecule has 6 heteroatoms. The Morgan fingerprint density at radius 3 is 2.45 bits per heavy atom. The highest BCUT2D eigenvalue weighted by Gasteiger charge is 2.26. The van der Waals surface area contributed by atoms with Gasteiger partial charge in [-0.2, -0.15) is 0 Å². The molecule has 2 rings (SSSR count). The Morgan fingerprint density at radius 1 is 1.14 bits per heavy atom.